The third-order valence-corrected chi connectivity index (χ3v) is 3.40. The number of methoxy groups -OCH3 is 1. The largest absolute Gasteiger partial charge is 0.465 e. The van der Waals surface area contributed by atoms with Crippen LogP contribution in [0, 0.1) is 5.92 Å². The summed E-state index contributed by atoms with van der Waals surface area (Å²) in [5, 5.41) is 3.27. The maximum absolute atomic E-state index is 11.5. The molecule has 1 heterocycles. The van der Waals surface area contributed by atoms with Gasteiger partial charge in [0.05, 0.1) is 24.0 Å². The van der Waals surface area contributed by atoms with Crippen LogP contribution >= 0.6 is 0 Å². The summed E-state index contributed by atoms with van der Waals surface area (Å²) < 4.78 is 10.0. The summed E-state index contributed by atoms with van der Waals surface area (Å²) in [6.45, 7) is 2.53. The van der Waals surface area contributed by atoms with Gasteiger partial charge in [0.2, 0.25) is 0 Å². The van der Waals surface area contributed by atoms with Crippen molar-refractivity contribution in [2.24, 2.45) is 5.92 Å². The van der Waals surface area contributed by atoms with Gasteiger partial charge in [-0.3, -0.25) is 0 Å². The van der Waals surface area contributed by atoms with E-state index in [4.69, 9.17) is 15.2 Å². The highest BCUT2D eigenvalue weighted by Crippen LogP contribution is 2.24. The summed E-state index contributed by atoms with van der Waals surface area (Å²) in [6, 6.07) is 5.33. The summed E-state index contributed by atoms with van der Waals surface area (Å²) >= 11 is 0. The second-order valence-corrected chi connectivity index (χ2v) is 4.70. The van der Waals surface area contributed by atoms with E-state index in [9.17, 15) is 4.79 Å². The van der Waals surface area contributed by atoms with Crippen LogP contribution in [0.3, 0.4) is 0 Å². The zero-order chi connectivity index (χ0) is 13.7. The molecule has 1 saturated heterocycles. The molecule has 0 spiro atoms. The zero-order valence-electron chi connectivity index (χ0n) is 11.1. The lowest BCUT2D eigenvalue weighted by Gasteiger charge is -2.13. The van der Waals surface area contributed by atoms with Gasteiger partial charge in [-0.1, -0.05) is 6.07 Å². The van der Waals surface area contributed by atoms with Gasteiger partial charge >= 0.3 is 5.97 Å². The van der Waals surface area contributed by atoms with Gasteiger partial charge in [0.15, 0.2) is 0 Å². The van der Waals surface area contributed by atoms with Crippen LogP contribution in [0.25, 0.3) is 0 Å². The third kappa shape index (κ3) is 3.38. The van der Waals surface area contributed by atoms with Crippen molar-refractivity contribution in [2.75, 3.05) is 37.9 Å². The fourth-order valence-electron chi connectivity index (χ4n) is 2.23. The molecule has 0 aliphatic carbocycles. The monoisotopic (exact) mass is 264 g/mol. The number of nitrogens with two attached hydrogens (primary N) is 1. The molecule has 1 aliphatic rings. The minimum absolute atomic E-state index is 0.400. The van der Waals surface area contributed by atoms with Gasteiger partial charge in [-0.25, -0.2) is 4.79 Å². The highest BCUT2D eigenvalue weighted by molar-refractivity contribution is 5.98. The van der Waals surface area contributed by atoms with Crippen molar-refractivity contribution >= 4 is 17.3 Å². The molecule has 1 atom stereocenters. The number of nitrogen functional groups attached to an aromatic ring is 1. The molecule has 5 nitrogen and oxygen atoms in total. The van der Waals surface area contributed by atoms with Gasteiger partial charge in [-0.15, -0.1) is 0 Å². The number of hydrogen-bond acceptors (Lipinski definition) is 5. The van der Waals surface area contributed by atoms with Crippen molar-refractivity contribution in [1.82, 2.24) is 0 Å². The van der Waals surface area contributed by atoms with E-state index in [1.54, 1.807) is 12.1 Å². The molecule has 1 aliphatic heterocycles. The highest BCUT2D eigenvalue weighted by Gasteiger charge is 2.16. The third-order valence-electron chi connectivity index (χ3n) is 3.40. The Morgan fingerprint density at radius 3 is 3.11 bits per heavy atom. The number of para-hydroxylation sites is 1. The number of hydrogen-bond donors (Lipinski definition) is 2. The summed E-state index contributed by atoms with van der Waals surface area (Å²) in [4.78, 5) is 11.5. The highest BCUT2D eigenvalue weighted by atomic mass is 16.5. The fraction of sp³-hybridized carbons (Fsp3) is 0.500. The van der Waals surface area contributed by atoms with E-state index in [2.05, 4.69) is 5.32 Å². The van der Waals surface area contributed by atoms with Gasteiger partial charge in [0.1, 0.15) is 0 Å². The Labute approximate surface area is 113 Å². The first-order valence-corrected chi connectivity index (χ1v) is 6.50. The molecule has 1 unspecified atom stereocenters. The maximum atomic E-state index is 11.5. The molecule has 3 N–H and O–H groups in total. The second-order valence-electron chi connectivity index (χ2n) is 4.70. The summed E-state index contributed by atoms with van der Waals surface area (Å²) in [5.74, 6) is 0.211. The standard InChI is InChI=1S/C14H20N2O3/c1-18-14(17)11-3-2-4-12(13(11)15)16-7-5-10-6-8-19-9-10/h2-4,10,16H,5-9,15H2,1H3. The molecule has 2 rings (SSSR count). The zero-order valence-corrected chi connectivity index (χ0v) is 11.1. The number of nitrogens with one attached hydrogen (secondary N) is 1. The van der Waals surface area contributed by atoms with Crippen molar-refractivity contribution in [3.05, 3.63) is 23.8 Å². The van der Waals surface area contributed by atoms with Gasteiger partial charge in [-0.2, -0.15) is 0 Å². The van der Waals surface area contributed by atoms with Crippen LogP contribution in [0.1, 0.15) is 23.2 Å². The van der Waals surface area contributed by atoms with Crippen molar-refractivity contribution in [1.29, 1.82) is 0 Å². The molecule has 104 valence electrons. The lowest BCUT2D eigenvalue weighted by atomic mass is 10.1. The SMILES string of the molecule is COC(=O)c1cccc(NCCC2CCOC2)c1N. The van der Waals surface area contributed by atoms with Gasteiger partial charge < -0.3 is 20.5 Å². The van der Waals surface area contributed by atoms with E-state index in [1.807, 2.05) is 6.07 Å². The van der Waals surface area contributed by atoms with Crippen molar-refractivity contribution < 1.29 is 14.3 Å². The maximum Gasteiger partial charge on any atom is 0.340 e. The fourth-order valence-corrected chi connectivity index (χ4v) is 2.23. The van der Waals surface area contributed by atoms with Crippen LogP contribution in [0.4, 0.5) is 11.4 Å². The van der Waals surface area contributed by atoms with Gasteiger partial charge in [0.25, 0.3) is 0 Å². The van der Waals surface area contributed by atoms with Gasteiger partial charge in [-0.05, 0) is 30.9 Å². The van der Waals surface area contributed by atoms with Crippen LogP contribution in [0.2, 0.25) is 0 Å². The number of carbonyl (C=O) groups excluding carboxylic acids is 1. The molecule has 0 amide bonds. The molecule has 1 aromatic carbocycles. The summed E-state index contributed by atoms with van der Waals surface area (Å²) in [6.07, 6.45) is 2.17. The van der Waals surface area contributed by atoms with Crippen molar-refractivity contribution in [3.63, 3.8) is 0 Å². The Morgan fingerprint density at radius 1 is 1.58 bits per heavy atom. The quantitative estimate of drug-likeness (QED) is 0.627. The van der Waals surface area contributed by atoms with Crippen LogP contribution in [0.15, 0.2) is 18.2 Å². The first-order valence-electron chi connectivity index (χ1n) is 6.50. The van der Waals surface area contributed by atoms with Crippen LogP contribution in [-0.4, -0.2) is 32.8 Å². The van der Waals surface area contributed by atoms with E-state index in [-0.39, 0.29) is 0 Å². The molecular formula is C14H20N2O3. The molecule has 5 heteroatoms. The average Bonchev–Trinajstić information content (AvgIpc) is 2.93. The molecule has 0 aromatic heterocycles. The van der Waals surface area contributed by atoms with E-state index in [0.717, 1.165) is 38.3 Å². The lowest BCUT2D eigenvalue weighted by molar-refractivity contribution is 0.0602. The molecule has 0 bridgehead atoms. The molecular weight excluding hydrogens is 244 g/mol. The van der Waals surface area contributed by atoms with E-state index in [1.165, 1.54) is 7.11 Å². The van der Waals surface area contributed by atoms with Crippen LogP contribution < -0.4 is 11.1 Å². The Morgan fingerprint density at radius 2 is 2.42 bits per heavy atom. The summed E-state index contributed by atoms with van der Waals surface area (Å²) in [7, 11) is 1.35. The van der Waals surface area contributed by atoms with E-state index >= 15 is 0 Å². The van der Waals surface area contributed by atoms with Crippen molar-refractivity contribution in [3.8, 4) is 0 Å². The smallest absolute Gasteiger partial charge is 0.340 e. The Kier molecular flexibility index (Phi) is 4.63. The lowest BCUT2D eigenvalue weighted by Crippen LogP contribution is -2.12. The number of rotatable bonds is 5. The molecule has 0 saturated carbocycles. The molecule has 19 heavy (non-hydrogen) atoms. The molecule has 1 aromatic rings. The predicted octanol–water partition coefficient (Wildman–Crippen LogP) is 1.89. The van der Waals surface area contributed by atoms with E-state index in [0.29, 0.717) is 17.2 Å². The minimum atomic E-state index is -0.412. The normalized spacial score (nSPS) is 18.3. The van der Waals surface area contributed by atoms with E-state index < -0.39 is 5.97 Å². The molecule has 1 fully saturated rings. The number of benzene rings is 1. The molecule has 0 radical (unpaired) electrons. The Bertz CT molecular complexity index is 442. The first kappa shape index (κ1) is 13.7. The topological polar surface area (TPSA) is 73.6 Å². The number of carbonyl (C=O) groups is 1. The Hall–Kier alpha value is -1.75. The number of anilines is 2. The predicted molar refractivity (Wildman–Crippen MR) is 74.2 cm³/mol. The second kappa shape index (κ2) is 6.43. The summed E-state index contributed by atoms with van der Waals surface area (Å²) in [5.41, 5.74) is 7.59. The first-order chi connectivity index (χ1) is 9.22. The minimum Gasteiger partial charge on any atom is -0.465 e. The van der Waals surface area contributed by atoms with Crippen LogP contribution in [0.5, 0.6) is 0 Å². The number of ether oxygens (including phenoxy) is 2. The van der Waals surface area contributed by atoms with Gasteiger partial charge in [0, 0.05) is 19.8 Å². The Balaban J connectivity index is 1.94. The number of esters is 1. The van der Waals surface area contributed by atoms with Crippen LogP contribution in [-0.2, 0) is 9.47 Å². The average molecular weight is 264 g/mol. The van der Waals surface area contributed by atoms with Crippen molar-refractivity contribution in [2.45, 2.75) is 12.8 Å².